The van der Waals surface area contributed by atoms with Crippen molar-refractivity contribution in [3.63, 3.8) is 0 Å². The highest BCUT2D eigenvalue weighted by molar-refractivity contribution is 5.94. The first-order valence-electron chi connectivity index (χ1n) is 9.25. The van der Waals surface area contributed by atoms with Crippen molar-refractivity contribution in [2.24, 2.45) is 0 Å². The average molecular weight is 386 g/mol. The second-order valence-corrected chi connectivity index (χ2v) is 6.66. The minimum absolute atomic E-state index is 0.0660. The monoisotopic (exact) mass is 386 g/mol. The Hall–Kier alpha value is -2.09. The molecule has 0 bridgehead atoms. The molecule has 0 heterocycles. The third kappa shape index (κ3) is 6.23. The SMILES string of the molecule is CCCN(CC(=O)Nc1ccc(F)c(F)c1F)C(=O)COC1CCCCC1. The molecule has 1 aromatic rings. The summed E-state index contributed by atoms with van der Waals surface area (Å²) in [5.41, 5.74) is -0.471. The number of halogens is 3. The molecule has 27 heavy (non-hydrogen) atoms. The zero-order valence-electron chi connectivity index (χ0n) is 15.4. The van der Waals surface area contributed by atoms with Gasteiger partial charge in [-0.3, -0.25) is 9.59 Å². The Bertz CT molecular complexity index is 664. The number of nitrogens with zero attached hydrogens (tertiary/aromatic N) is 1. The summed E-state index contributed by atoms with van der Waals surface area (Å²) in [4.78, 5) is 25.8. The third-order valence-corrected chi connectivity index (χ3v) is 4.48. The maximum absolute atomic E-state index is 13.7. The quantitative estimate of drug-likeness (QED) is 0.694. The van der Waals surface area contributed by atoms with E-state index in [1.165, 1.54) is 11.3 Å². The lowest BCUT2D eigenvalue weighted by Crippen LogP contribution is -2.41. The number of benzene rings is 1. The van der Waals surface area contributed by atoms with Crippen LogP contribution in [0, 0.1) is 17.5 Å². The first-order chi connectivity index (χ1) is 12.9. The molecule has 0 aliphatic heterocycles. The predicted molar refractivity (Wildman–Crippen MR) is 94.6 cm³/mol. The van der Waals surface area contributed by atoms with Crippen molar-refractivity contribution in [3.8, 4) is 0 Å². The van der Waals surface area contributed by atoms with Gasteiger partial charge >= 0.3 is 0 Å². The van der Waals surface area contributed by atoms with Gasteiger partial charge in [-0.25, -0.2) is 13.2 Å². The van der Waals surface area contributed by atoms with Crippen LogP contribution in [-0.4, -0.2) is 42.5 Å². The van der Waals surface area contributed by atoms with Crippen LogP contribution in [0.5, 0.6) is 0 Å². The maximum atomic E-state index is 13.7. The lowest BCUT2D eigenvalue weighted by molar-refractivity contribution is -0.141. The summed E-state index contributed by atoms with van der Waals surface area (Å²) < 4.78 is 45.5. The number of carbonyl (C=O) groups excluding carboxylic acids is 2. The molecule has 1 aliphatic rings. The molecule has 5 nitrogen and oxygen atoms in total. The van der Waals surface area contributed by atoms with Crippen molar-refractivity contribution < 1.29 is 27.5 Å². The molecule has 0 radical (unpaired) electrons. The van der Waals surface area contributed by atoms with Gasteiger partial charge in [0, 0.05) is 6.54 Å². The van der Waals surface area contributed by atoms with E-state index in [1.54, 1.807) is 0 Å². The van der Waals surface area contributed by atoms with E-state index >= 15 is 0 Å². The number of anilines is 1. The van der Waals surface area contributed by atoms with Crippen LogP contribution in [0.2, 0.25) is 0 Å². The smallest absolute Gasteiger partial charge is 0.249 e. The first-order valence-corrected chi connectivity index (χ1v) is 9.25. The molecule has 0 saturated heterocycles. The van der Waals surface area contributed by atoms with Gasteiger partial charge in [0.05, 0.1) is 18.3 Å². The van der Waals surface area contributed by atoms with Crippen molar-refractivity contribution >= 4 is 17.5 Å². The van der Waals surface area contributed by atoms with E-state index in [-0.39, 0.29) is 25.2 Å². The van der Waals surface area contributed by atoms with Crippen LogP contribution in [0.25, 0.3) is 0 Å². The number of carbonyl (C=O) groups is 2. The lowest BCUT2D eigenvalue weighted by atomic mass is 9.98. The molecule has 0 unspecified atom stereocenters. The van der Waals surface area contributed by atoms with E-state index in [2.05, 4.69) is 5.32 Å². The first kappa shape index (κ1) is 21.2. The highest BCUT2D eigenvalue weighted by Crippen LogP contribution is 2.21. The van der Waals surface area contributed by atoms with Crippen LogP contribution < -0.4 is 5.32 Å². The summed E-state index contributed by atoms with van der Waals surface area (Å²) in [5, 5.41) is 2.17. The summed E-state index contributed by atoms with van der Waals surface area (Å²) in [6.07, 6.45) is 5.89. The van der Waals surface area contributed by atoms with Crippen molar-refractivity contribution in [2.75, 3.05) is 25.0 Å². The van der Waals surface area contributed by atoms with E-state index in [0.29, 0.717) is 13.0 Å². The molecule has 1 saturated carbocycles. The fourth-order valence-electron chi connectivity index (χ4n) is 3.06. The molecule has 150 valence electrons. The Labute approximate surface area is 156 Å². The average Bonchev–Trinajstić information content (AvgIpc) is 2.67. The van der Waals surface area contributed by atoms with Crippen molar-refractivity contribution in [1.29, 1.82) is 0 Å². The van der Waals surface area contributed by atoms with Gasteiger partial charge < -0.3 is 15.0 Å². The summed E-state index contributed by atoms with van der Waals surface area (Å²) in [6, 6.07) is 1.66. The largest absolute Gasteiger partial charge is 0.368 e. The minimum Gasteiger partial charge on any atom is -0.368 e. The molecule has 1 aliphatic carbocycles. The highest BCUT2D eigenvalue weighted by Gasteiger charge is 2.21. The molecule has 2 amide bonds. The molecule has 0 aromatic heterocycles. The normalized spacial score (nSPS) is 14.8. The second-order valence-electron chi connectivity index (χ2n) is 6.66. The molecule has 8 heteroatoms. The molecular weight excluding hydrogens is 361 g/mol. The van der Waals surface area contributed by atoms with Gasteiger partial charge in [-0.05, 0) is 31.4 Å². The summed E-state index contributed by atoms with van der Waals surface area (Å²) >= 11 is 0. The van der Waals surface area contributed by atoms with Crippen molar-refractivity contribution in [1.82, 2.24) is 4.90 Å². The van der Waals surface area contributed by atoms with Crippen LogP contribution in [0.3, 0.4) is 0 Å². The van der Waals surface area contributed by atoms with Crippen molar-refractivity contribution in [2.45, 2.75) is 51.6 Å². The molecule has 0 atom stereocenters. The van der Waals surface area contributed by atoms with Gasteiger partial charge in [0.1, 0.15) is 6.61 Å². The van der Waals surface area contributed by atoms with E-state index in [4.69, 9.17) is 4.74 Å². The molecule has 1 aromatic carbocycles. The fourth-order valence-corrected chi connectivity index (χ4v) is 3.06. The Morgan fingerprint density at radius 1 is 1.15 bits per heavy atom. The zero-order chi connectivity index (χ0) is 19.8. The van der Waals surface area contributed by atoms with Gasteiger partial charge in [-0.2, -0.15) is 0 Å². The van der Waals surface area contributed by atoms with Crippen LogP contribution >= 0.6 is 0 Å². The molecule has 1 N–H and O–H groups in total. The van der Waals surface area contributed by atoms with E-state index in [9.17, 15) is 22.8 Å². The van der Waals surface area contributed by atoms with E-state index < -0.39 is 29.0 Å². The molecular formula is C19H25F3N2O3. The Morgan fingerprint density at radius 3 is 2.52 bits per heavy atom. The molecule has 2 rings (SSSR count). The van der Waals surface area contributed by atoms with Gasteiger partial charge in [0.25, 0.3) is 0 Å². The maximum Gasteiger partial charge on any atom is 0.249 e. The minimum atomic E-state index is -1.66. The number of ether oxygens (including phenoxy) is 1. The molecule has 0 spiro atoms. The number of hydrogen-bond acceptors (Lipinski definition) is 3. The van der Waals surface area contributed by atoms with Crippen LogP contribution in [-0.2, 0) is 14.3 Å². The number of nitrogens with one attached hydrogen (secondary N) is 1. The Balaban J connectivity index is 1.90. The third-order valence-electron chi connectivity index (χ3n) is 4.48. The van der Waals surface area contributed by atoms with Gasteiger partial charge in [-0.15, -0.1) is 0 Å². The highest BCUT2D eigenvalue weighted by atomic mass is 19.2. The van der Waals surface area contributed by atoms with Gasteiger partial charge in [0.2, 0.25) is 11.8 Å². The van der Waals surface area contributed by atoms with E-state index in [0.717, 1.165) is 37.8 Å². The standard InChI is InChI=1S/C19H25F3N2O3/c1-2-10-24(17(26)12-27-13-6-4-3-5-7-13)11-16(25)23-15-9-8-14(20)18(21)19(15)22/h8-9,13H,2-7,10-12H2,1H3,(H,23,25). The summed E-state index contributed by atoms with van der Waals surface area (Å²) in [6.45, 7) is 1.76. The summed E-state index contributed by atoms with van der Waals surface area (Å²) in [5.74, 6) is -5.50. The van der Waals surface area contributed by atoms with Gasteiger partial charge in [-0.1, -0.05) is 26.2 Å². The fraction of sp³-hybridized carbons (Fsp3) is 0.579. The van der Waals surface area contributed by atoms with Crippen LogP contribution in [0.15, 0.2) is 12.1 Å². The Morgan fingerprint density at radius 2 is 1.85 bits per heavy atom. The number of rotatable bonds is 8. The second kappa shape index (κ2) is 10.3. The Kier molecular flexibility index (Phi) is 8.09. The lowest BCUT2D eigenvalue weighted by Gasteiger charge is -2.25. The van der Waals surface area contributed by atoms with Gasteiger partial charge in [0.15, 0.2) is 17.5 Å². The predicted octanol–water partition coefficient (Wildman–Crippen LogP) is 3.63. The van der Waals surface area contributed by atoms with E-state index in [1.807, 2.05) is 6.92 Å². The topological polar surface area (TPSA) is 58.6 Å². The number of hydrogen-bond donors (Lipinski definition) is 1. The van der Waals surface area contributed by atoms with Crippen molar-refractivity contribution in [3.05, 3.63) is 29.6 Å². The molecule has 1 fully saturated rings. The summed E-state index contributed by atoms with van der Waals surface area (Å²) in [7, 11) is 0. The van der Waals surface area contributed by atoms with Crippen LogP contribution in [0.1, 0.15) is 45.4 Å². The number of amides is 2. The zero-order valence-corrected chi connectivity index (χ0v) is 15.4. The van der Waals surface area contributed by atoms with Crippen LogP contribution in [0.4, 0.5) is 18.9 Å².